The van der Waals surface area contributed by atoms with E-state index in [1.165, 1.54) is 12.1 Å². The monoisotopic (exact) mass is 293 g/mol. The fourth-order valence-electron chi connectivity index (χ4n) is 1.67. The Bertz CT molecular complexity index is 668. The summed E-state index contributed by atoms with van der Waals surface area (Å²) in [6, 6.07) is 6.34. The standard InChI is InChI=1S/C12H11N3O4S/c1-8-2-3-10(5-11(8)14(16)17)13-6-9-4-12(15(18)19)20-7-9/h2-5,7,13H,6H2,1H3. The number of nitro benzene ring substituents is 1. The maximum atomic E-state index is 10.8. The lowest BCUT2D eigenvalue weighted by molar-refractivity contribution is -0.385. The van der Waals surface area contributed by atoms with E-state index in [4.69, 9.17) is 0 Å². The molecule has 0 saturated heterocycles. The fourth-order valence-corrected chi connectivity index (χ4v) is 2.40. The van der Waals surface area contributed by atoms with Crippen LogP contribution in [0.5, 0.6) is 0 Å². The van der Waals surface area contributed by atoms with E-state index in [1.54, 1.807) is 24.4 Å². The van der Waals surface area contributed by atoms with Crippen LogP contribution in [0.25, 0.3) is 0 Å². The molecule has 0 radical (unpaired) electrons. The second-order valence-electron chi connectivity index (χ2n) is 4.16. The number of thiophene rings is 1. The minimum absolute atomic E-state index is 0.0475. The van der Waals surface area contributed by atoms with E-state index < -0.39 is 9.85 Å². The zero-order valence-electron chi connectivity index (χ0n) is 10.5. The van der Waals surface area contributed by atoms with Crippen molar-refractivity contribution in [1.82, 2.24) is 0 Å². The maximum absolute atomic E-state index is 10.8. The predicted molar refractivity (Wildman–Crippen MR) is 76.1 cm³/mol. The van der Waals surface area contributed by atoms with Crippen LogP contribution in [0, 0.1) is 27.2 Å². The van der Waals surface area contributed by atoms with E-state index in [0.29, 0.717) is 17.8 Å². The minimum atomic E-state index is -0.440. The van der Waals surface area contributed by atoms with Crippen molar-refractivity contribution in [3.8, 4) is 0 Å². The van der Waals surface area contributed by atoms with Gasteiger partial charge in [0.05, 0.1) is 9.85 Å². The van der Waals surface area contributed by atoms with Crippen LogP contribution in [0.3, 0.4) is 0 Å². The largest absolute Gasteiger partial charge is 0.381 e. The number of anilines is 1. The first-order chi connectivity index (χ1) is 9.47. The third-order valence-corrected chi connectivity index (χ3v) is 3.65. The van der Waals surface area contributed by atoms with Gasteiger partial charge in [0.1, 0.15) is 0 Å². The van der Waals surface area contributed by atoms with Crippen LogP contribution in [0.1, 0.15) is 11.1 Å². The highest BCUT2D eigenvalue weighted by Gasteiger charge is 2.12. The molecule has 0 spiro atoms. The number of nitrogens with one attached hydrogen (secondary N) is 1. The summed E-state index contributed by atoms with van der Waals surface area (Å²) in [7, 11) is 0. The van der Waals surface area contributed by atoms with Crippen LogP contribution in [0.4, 0.5) is 16.4 Å². The fraction of sp³-hybridized carbons (Fsp3) is 0.167. The molecule has 0 aliphatic carbocycles. The molecule has 20 heavy (non-hydrogen) atoms. The Kier molecular flexibility index (Phi) is 3.94. The summed E-state index contributed by atoms with van der Waals surface area (Å²) >= 11 is 1.06. The number of nitrogens with zero attached hydrogens (tertiary/aromatic N) is 2. The molecule has 2 aromatic rings. The molecule has 2 rings (SSSR count). The summed E-state index contributed by atoms with van der Waals surface area (Å²) in [5.74, 6) is 0. The molecule has 0 unspecified atom stereocenters. The number of rotatable bonds is 5. The molecule has 0 atom stereocenters. The molecule has 0 aliphatic heterocycles. The molecule has 1 N–H and O–H groups in total. The average molecular weight is 293 g/mol. The van der Waals surface area contributed by atoms with Crippen molar-refractivity contribution < 1.29 is 9.85 Å². The van der Waals surface area contributed by atoms with Gasteiger partial charge in [-0.05, 0) is 18.6 Å². The van der Waals surface area contributed by atoms with Gasteiger partial charge in [-0.25, -0.2) is 0 Å². The normalized spacial score (nSPS) is 10.2. The molecular weight excluding hydrogens is 282 g/mol. The summed E-state index contributed by atoms with van der Waals surface area (Å²) in [4.78, 5) is 20.5. The van der Waals surface area contributed by atoms with E-state index in [2.05, 4.69) is 5.32 Å². The van der Waals surface area contributed by atoms with Crippen molar-refractivity contribution in [2.24, 2.45) is 0 Å². The Morgan fingerprint density at radius 1 is 1.20 bits per heavy atom. The highest BCUT2D eigenvalue weighted by atomic mass is 32.1. The van der Waals surface area contributed by atoms with Gasteiger partial charge in [0.15, 0.2) is 0 Å². The highest BCUT2D eigenvalue weighted by molar-refractivity contribution is 7.13. The molecule has 104 valence electrons. The van der Waals surface area contributed by atoms with Gasteiger partial charge in [0.2, 0.25) is 0 Å². The molecular formula is C12H11N3O4S. The SMILES string of the molecule is Cc1ccc(NCc2csc([N+](=O)[O-])c2)cc1[N+](=O)[O-]. The van der Waals surface area contributed by atoms with Crippen molar-refractivity contribution in [2.75, 3.05) is 5.32 Å². The molecule has 1 aromatic carbocycles. The molecule has 0 amide bonds. The van der Waals surface area contributed by atoms with E-state index in [-0.39, 0.29) is 10.7 Å². The summed E-state index contributed by atoms with van der Waals surface area (Å²) in [6.07, 6.45) is 0. The van der Waals surface area contributed by atoms with Crippen molar-refractivity contribution in [1.29, 1.82) is 0 Å². The quantitative estimate of drug-likeness (QED) is 0.672. The van der Waals surface area contributed by atoms with Crippen molar-refractivity contribution >= 4 is 27.7 Å². The molecule has 0 aliphatic rings. The number of nitro groups is 2. The van der Waals surface area contributed by atoms with Gasteiger partial charge in [0, 0.05) is 35.3 Å². The average Bonchev–Trinajstić information content (AvgIpc) is 2.86. The zero-order chi connectivity index (χ0) is 14.7. The van der Waals surface area contributed by atoms with E-state index in [0.717, 1.165) is 16.9 Å². The summed E-state index contributed by atoms with van der Waals surface area (Å²) in [5.41, 5.74) is 2.01. The summed E-state index contributed by atoms with van der Waals surface area (Å²) in [5, 5.41) is 26.2. The Morgan fingerprint density at radius 3 is 2.55 bits per heavy atom. The zero-order valence-corrected chi connectivity index (χ0v) is 11.3. The van der Waals surface area contributed by atoms with Gasteiger partial charge < -0.3 is 5.32 Å². The van der Waals surface area contributed by atoms with Crippen LogP contribution >= 0.6 is 11.3 Å². The first-order valence-electron chi connectivity index (χ1n) is 5.68. The molecule has 0 bridgehead atoms. The third-order valence-electron chi connectivity index (χ3n) is 2.72. The second-order valence-corrected chi connectivity index (χ2v) is 5.05. The summed E-state index contributed by atoms with van der Waals surface area (Å²) in [6.45, 7) is 2.05. The third kappa shape index (κ3) is 3.09. The number of benzene rings is 1. The predicted octanol–water partition coefficient (Wildman–Crippen LogP) is 3.49. The van der Waals surface area contributed by atoms with Gasteiger partial charge in [-0.3, -0.25) is 20.2 Å². The lowest BCUT2D eigenvalue weighted by atomic mass is 10.2. The van der Waals surface area contributed by atoms with Gasteiger partial charge in [0.25, 0.3) is 5.69 Å². The van der Waals surface area contributed by atoms with Crippen molar-refractivity contribution in [3.05, 3.63) is 61.0 Å². The molecule has 0 fully saturated rings. The number of hydrogen-bond acceptors (Lipinski definition) is 6. The topological polar surface area (TPSA) is 98.3 Å². The number of aryl methyl sites for hydroxylation is 1. The lowest BCUT2D eigenvalue weighted by Gasteiger charge is -2.05. The van der Waals surface area contributed by atoms with Crippen LogP contribution in [-0.4, -0.2) is 9.85 Å². The second kappa shape index (κ2) is 5.66. The molecule has 1 heterocycles. The van der Waals surface area contributed by atoms with Crippen LogP contribution in [0.15, 0.2) is 29.6 Å². The van der Waals surface area contributed by atoms with Crippen molar-refractivity contribution in [2.45, 2.75) is 13.5 Å². The first-order valence-corrected chi connectivity index (χ1v) is 6.56. The van der Waals surface area contributed by atoms with Gasteiger partial charge >= 0.3 is 5.00 Å². The first kappa shape index (κ1) is 13.9. The van der Waals surface area contributed by atoms with E-state index in [1.807, 2.05) is 0 Å². The van der Waals surface area contributed by atoms with Crippen LogP contribution in [-0.2, 0) is 6.54 Å². The molecule has 7 nitrogen and oxygen atoms in total. The highest BCUT2D eigenvalue weighted by Crippen LogP contribution is 2.25. The molecule has 8 heteroatoms. The van der Waals surface area contributed by atoms with Crippen molar-refractivity contribution in [3.63, 3.8) is 0 Å². The Labute approximate surface area is 118 Å². The summed E-state index contributed by atoms with van der Waals surface area (Å²) < 4.78 is 0. The Balaban J connectivity index is 2.08. The van der Waals surface area contributed by atoms with Gasteiger partial charge in [-0.15, -0.1) is 0 Å². The number of hydrogen-bond donors (Lipinski definition) is 1. The smallest absolute Gasteiger partial charge is 0.324 e. The molecule has 0 saturated carbocycles. The van der Waals surface area contributed by atoms with Crippen LogP contribution < -0.4 is 5.32 Å². The molecule has 1 aromatic heterocycles. The minimum Gasteiger partial charge on any atom is -0.381 e. The van der Waals surface area contributed by atoms with Crippen LogP contribution in [0.2, 0.25) is 0 Å². The van der Waals surface area contributed by atoms with E-state index in [9.17, 15) is 20.2 Å². The van der Waals surface area contributed by atoms with Gasteiger partial charge in [-0.1, -0.05) is 17.4 Å². The Morgan fingerprint density at radius 2 is 1.95 bits per heavy atom. The Hall–Kier alpha value is -2.48. The van der Waals surface area contributed by atoms with E-state index >= 15 is 0 Å². The maximum Gasteiger partial charge on any atom is 0.324 e. The lowest BCUT2D eigenvalue weighted by Crippen LogP contribution is -2.00. The van der Waals surface area contributed by atoms with Gasteiger partial charge in [-0.2, -0.15) is 0 Å².